The van der Waals surface area contributed by atoms with Crippen LogP contribution in [0.15, 0.2) is 72.9 Å². The molecule has 11 nitrogen and oxygen atoms in total. The Labute approximate surface area is 496 Å². The summed E-state index contributed by atoms with van der Waals surface area (Å²) >= 11 is 0. The van der Waals surface area contributed by atoms with Gasteiger partial charge in [0, 0.05) is 6.42 Å². The molecule has 0 aromatic rings. The van der Waals surface area contributed by atoms with Crippen molar-refractivity contribution in [2.75, 3.05) is 13.2 Å². The van der Waals surface area contributed by atoms with Crippen molar-refractivity contribution in [3.05, 3.63) is 72.9 Å². The van der Waals surface area contributed by atoms with Gasteiger partial charge in [-0.05, 0) is 96.3 Å². The van der Waals surface area contributed by atoms with Crippen LogP contribution >= 0.6 is 0 Å². The number of hydrogen-bond acceptors (Lipinski definition) is 10. The largest absolute Gasteiger partial charge is 0.454 e. The topological polar surface area (TPSA) is 175 Å². The zero-order valence-corrected chi connectivity index (χ0v) is 52.1. The number of nitrogens with one attached hydrogen (secondary N) is 1. The predicted octanol–water partition coefficient (Wildman–Crippen LogP) is 16.7. The Bertz CT molecular complexity index is 1590. The summed E-state index contributed by atoms with van der Waals surface area (Å²) in [5.74, 6) is -1.20. The quantitative estimate of drug-likeness (QED) is 0.0195. The smallest absolute Gasteiger partial charge is 0.306 e. The van der Waals surface area contributed by atoms with Crippen LogP contribution in [0.2, 0.25) is 0 Å². The van der Waals surface area contributed by atoms with Crippen LogP contribution in [0.1, 0.15) is 297 Å². The molecule has 81 heavy (non-hydrogen) atoms. The first-order valence-electron chi connectivity index (χ1n) is 33.7. The van der Waals surface area contributed by atoms with Gasteiger partial charge in [0.15, 0.2) is 12.4 Å². The van der Waals surface area contributed by atoms with Gasteiger partial charge >= 0.3 is 5.97 Å². The number of ether oxygens (including phenoxy) is 3. The zero-order chi connectivity index (χ0) is 58.9. The normalized spacial score (nSPS) is 19.1. The molecule has 0 radical (unpaired) electrons. The van der Waals surface area contributed by atoms with E-state index in [1.54, 1.807) is 6.08 Å². The summed E-state index contributed by atoms with van der Waals surface area (Å²) in [5, 5.41) is 57.1. The second-order valence-electron chi connectivity index (χ2n) is 23.2. The minimum Gasteiger partial charge on any atom is -0.454 e. The molecule has 8 atom stereocenters. The van der Waals surface area contributed by atoms with Crippen molar-refractivity contribution in [1.29, 1.82) is 0 Å². The van der Waals surface area contributed by atoms with Gasteiger partial charge in [-0.15, -0.1) is 0 Å². The van der Waals surface area contributed by atoms with Crippen molar-refractivity contribution in [2.45, 2.75) is 346 Å². The van der Waals surface area contributed by atoms with E-state index in [0.29, 0.717) is 12.8 Å². The van der Waals surface area contributed by atoms with Gasteiger partial charge in [0.05, 0.1) is 25.4 Å². The Morgan fingerprint density at radius 2 is 0.852 bits per heavy atom. The molecule has 1 amide bonds. The number of amides is 1. The molecular weight excluding hydrogens is 1010 g/mol. The first kappa shape index (κ1) is 76.1. The van der Waals surface area contributed by atoms with Gasteiger partial charge < -0.3 is 45.1 Å². The third kappa shape index (κ3) is 45.2. The highest BCUT2D eigenvalue weighted by atomic mass is 16.7. The molecule has 1 fully saturated rings. The van der Waals surface area contributed by atoms with E-state index in [1.165, 1.54) is 154 Å². The summed E-state index contributed by atoms with van der Waals surface area (Å²) in [6.45, 7) is 5.76. The molecule has 0 aromatic heterocycles. The lowest BCUT2D eigenvalue weighted by molar-refractivity contribution is -0.305. The fourth-order valence-electron chi connectivity index (χ4n) is 10.2. The third-order valence-electron chi connectivity index (χ3n) is 15.6. The molecule has 1 heterocycles. The number of esters is 1. The molecule has 1 saturated heterocycles. The van der Waals surface area contributed by atoms with Gasteiger partial charge in [-0.1, -0.05) is 267 Å². The number of allylic oxidation sites excluding steroid dienone is 11. The van der Waals surface area contributed by atoms with E-state index in [2.05, 4.69) is 86.8 Å². The first-order chi connectivity index (χ1) is 39.7. The molecule has 0 spiro atoms. The van der Waals surface area contributed by atoms with Gasteiger partial charge in [-0.25, -0.2) is 0 Å². The second kappa shape index (κ2) is 57.5. The summed E-state index contributed by atoms with van der Waals surface area (Å²) in [5.41, 5.74) is 0. The average Bonchev–Trinajstić information content (AvgIpc) is 3.52. The molecule has 6 N–H and O–H groups in total. The standard InChI is InChI=1S/C70H125NO10/c1-4-7-10-13-16-19-22-24-26-28-30-31-32-34-35-37-39-42-45-48-51-54-57-63(74)69(78)71-61(62(73)56-53-50-47-44-41-21-18-15-12-9-6-3)60-79-70-68(67(77)66(76)64(59-72)80-70)81-65(75)58-55-52-49-46-43-40-38-36-33-29-27-25-23-20-17-14-11-8-5-2/h16,19,24-27,30-31,34-35,53,56,61-64,66-68,70,72-74,76-77H,4-15,17-18,20-23,28-29,32-33,36-52,54-55,57-60H2,1-3H3,(H,71,78)/b19-16-,26-24-,27-25+,31-30-,35-34-,56-53+. The van der Waals surface area contributed by atoms with Crippen LogP contribution in [0.25, 0.3) is 0 Å². The second-order valence-corrected chi connectivity index (χ2v) is 23.2. The van der Waals surface area contributed by atoms with Crippen molar-refractivity contribution >= 4 is 11.9 Å². The number of hydrogen-bond donors (Lipinski definition) is 6. The number of carbonyl (C=O) groups is 2. The average molecular weight is 1140 g/mol. The van der Waals surface area contributed by atoms with Crippen molar-refractivity contribution < 1.29 is 49.3 Å². The van der Waals surface area contributed by atoms with Crippen LogP contribution in [0.5, 0.6) is 0 Å². The maximum atomic E-state index is 13.5. The Hall–Kier alpha value is -2.90. The van der Waals surface area contributed by atoms with Crippen molar-refractivity contribution in [3.63, 3.8) is 0 Å². The molecule has 8 unspecified atom stereocenters. The van der Waals surface area contributed by atoms with Crippen molar-refractivity contribution in [1.82, 2.24) is 5.32 Å². The molecule has 0 aliphatic carbocycles. The van der Waals surface area contributed by atoms with Crippen LogP contribution in [0.3, 0.4) is 0 Å². The highest BCUT2D eigenvalue weighted by Gasteiger charge is 2.47. The van der Waals surface area contributed by atoms with E-state index in [1.807, 2.05) is 6.08 Å². The maximum Gasteiger partial charge on any atom is 0.306 e. The van der Waals surface area contributed by atoms with E-state index in [4.69, 9.17) is 14.2 Å². The lowest BCUT2D eigenvalue weighted by Gasteiger charge is -2.41. The highest BCUT2D eigenvalue weighted by Crippen LogP contribution is 2.26. The van der Waals surface area contributed by atoms with Gasteiger partial charge in [0.1, 0.15) is 24.4 Å². The first-order valence-corrected chi connectivity index (χ1v) is 33.7. The van der Waals surface area contributed by atoms with Crippen LogP contribution < -0.4 is 5.32 Å². The predicted molar refractivity (Wildman–Crippen MR) is 338 cm³/mol. The van der Waals surface area contributed by atoms with E-state index in [0.717, 1.165) is 96.3 Å². The Kier molecular flexibility index (Phi) is 54.1. The van der Waals surface area contributed by atoms with Gasteiger partial charge in [-0.3, -0.25) is 9.59 Å². The monoisotopic (exact) mass is 1140 g/mol. The molecule has 0 saturated carbocycles. The lowest BCUT2D eigenvalue weighted by atomic mass is 9.99. The summed E-state index contributed by atoms with van der Waals surface area (Å²) in [4.78, 5) is 26.6. The fourth-order valence-corrected chi connectivity index (χ4v) is 10.2. The summed E-state index contributed by atoms with van der Waals surface area (Å²) < 4.78 is 17.7. The number of rotatable bonds is 57. The summed E-state index contributed by atoms with van der Waals surface area (Å²) in [7, 11) is 0. The highest BCUT2D eigenvalue weighted by molar-refractivity contribution is 5.80. The SMILES string of the molecule is CCCCC/C=C\C/C=C\C/C=C\C/C=C\CCCCCCCCC(O)C(=O)NC(COC1OC(CO)C(O)C(O)C1OC(=O)CCCCCCCCCCC/C=C/CCCCCCCC)C(O)/C=C/CCCCCCCCCCC. The lowest BCUT2D eigenvalue weighted by Crippen LogP contribution is -2.61. The molecule has 0 bridgehead atoms. The maximum absolute atomic E-state index is 13.5. The summed E-state index contributed by atoms with van der Waals surface area (Å²) in [6, 6.07) is -1.03. The molecule has 1 aliphatic heterocycles. The zero-order valence-electron chi connectivity index (χ0n) is 52.1. The Morgan fingerprint density at radius 1 is 0.481 bits per heavy atom. The molecule has 0 aromatic carbocycles. The third-order valence-corrected chi connectivity index (χ3v) is 15.6. The number of carbonyl (C=O) groups excluding carboxylic acids is 2. The van der Waals surface area contributed by atoms with Gasteiger partial charge in [0.2, 0.25) is 5.91 Å². The van der Waals surface area contributed by atoms with Gasteiger partial charge in [-0.2, -0.15) is 0 Å². The van der Waals surface area contributed by atoms with Crippen LogP contribution in [-0.4, -0.2) is 99.6 Å². The van der Waals surface area contributed by atoms with Crippen LogP contribution in [-0.2, 0) is 23.8 Å². The summed E-state index contributed by atoms with van der Waals surface area (Å²) in [6.07, 6.45) is 63.6. The molecule has 11 heteroatoms. The fraction of sp³-hybridized carbons (Fsp3) is 0.800. The number of aliphatic hydroxyl groups is 5. The minimum atomic E-state index is -1.62. The Balaban J connectivity index is 2.62. The molecule has 1 rings (SSSR count). The van der Waals surface area contributed by atoms with Crippen LogP contribution in [0, 0.1) is 0 Å². The van der Waals surface area contributed by atoms with Gasteiger partial charge in [0.25, 0.3) is 0 Å². The Morgan fingerprint density at radius 3 is 1.31 bits per heavy atom. The van der Waals surface area contributed by atoms with E-state index >= 15 is 0 Å². The molecular formula is C70H125NO10. The van der Waals surface area contributed by atoms with Crippen LogP contribution in [0.4, 0.5) is 0 Å². The number of aliphatic hydroxyl groups excluding tert-OH is 5. The number of unbranched alkanes of at least 4 members (excludes halogenated alkanes) is 33. The minimum absolute atomic E-state index is 0.119. The van der Waals surface area contributed by atoms with E-state index in [9.17, 15) is 35.1 Å². The molecule has 1 aliphatic rings. The van der Waals surface area contributed by atoms with E-state index in [-0.39, 0.29) is 19.4 Å². The molecule has 470 valence electrons. The van der Waals surface area contributed by atoms with E-state index < -0.39 is 67.4 Å². The van der Waals surface area contributed by atoms with Crippen molar-refractivity contribution in [2.24, 2.45) is 0 Å². The van der Waals surface area contributed by atoms with Crippen molar-refractivity contribution in [3.8, 4) is 0 Å².